The first-order valence-electron chi connectivity index (χ1n) is 5.19. The van der Waals surface area contributed by atoms with Gasteiger partial charge in [-0.3, -0.25) is 6.08 Å². The Hall–Kier alpha value is 0.640. The number of fused-ring (bicyclic) bond motifs is 1. The Morgan fingerprint density at radius 1 is 1.06 bits per heavy atom. The minimum absolute atomic E-state index is 0. The van der Waals surface area contributed by atoms with Gasteiger partial charge in [-0.2, -0.15) is 5.56 Å². The van der Waals surface area contributed by atoms with E-state index in [-0.39, 0.29) is 51.0 Å². The largest absolute Gasteiger partial charge is 3.00 e. The van der Waals surface area contributed by atoms with Crippen molar-refractivity contribution in [1.29, 1.82) is 0 Å². The summed E-state index contributed by atoms with van der Waals surface area (Å²) in [5, 5.41) is 0. The first-order valence-corrected chi connectivity index (χ1v) is 8.77. The fraction of sp³-hybridized carbons (Fsp3) is 0.385. The van der Waals surface area contributed by atoms with Gasteiger partial charge in [-0.25, -0.2) is 5.57 Å². The van der Waals surface area contributed by atoms with E-state index < -0.39 is 8.07 Å². The summed E-state index contributed by atoms with van der Waals surface area (Å²) in [6, 6.07) is 8.75. The number of benzene rings is 1. The van der Waals surface area contributed by atoms with Crippen LogP contribution in [-0.2, 0) is 26.2 Å². The second-order valence-electron chi connectivity index (χ2n) is 5.16. The Bertz CT molecular complexity index is 397. The van der Waals surface area contributed by atoms with Crippen molar-refractivity contribution in [3.8, 4) is 0 Å². The maximum Gasteiger partial charge on any atom is 3.00 e. The van der Waals surface area contributed by atoms with Crippen LogP contribution in [0.2, 0.25) is 19.6 Å². The van der Waals surface area contributed by atoms with Crippen molar-refractivity contribution in [2.45, 2.75) is 32.1 Å². The fourth-order valence-electron chi connectivity index (χ4n) is 2.15. The van der Waals surface area contributed by atoms with Crippen molar-refractivity contribution in [3.05, 3.63) is 41.5 Å². The molecule has 0 fully saturated rings. The molecule has 2 rings (SSSR count). The molecule has 1 atom stereocenters. The van der Waals surface area contributed by atoms with Gasteiger partial charge >= 0.3 is 26.2 Å². The van der Waals surface area contributed by atoms with Crippen LogP contribution in [0.4, 0.5) is 0 Å². The van der Waals surface area contributed by atoms with Gasteiger partial charge in [0.1, 0.15) is 0 Å². The van der Waals surface area contributed by atoms with Gasteiger partial charge in [0.2, 0.25) is 0 Å². The van der Waals surface area contributed by atoms with E-state index in [0.29, 0.717) is 5.54 Å². The summed E-state index contributed by atoms with van der Waals surface area (Å²) in [5.41, 5.74) is 4.86. The van der Waals surface area contributed by atoms with Crippen LogP contribution in [0.15, 0.2) is 24.3 Å². The first-order chi connectivity index (χ1) is 6.50. The molecule has 1 aliphatic rings. The van der Waals surface area contributed by atoms with Crippen molar-refractivity contribution in [1.82, 2.24) is 0 Å². The molecular formula is C13H17Cl2SiZr. The smallest absolute Gasteiger partial charge is 1.00 e. The second kappa shape index (κ2) is 7.28. The molecule has 0 amide bonds. The molecule has 0 spiro atoms. The fourth-order valence-corrected chi connectivity index (χ4v) is 3.98. The molecule has 0 saturated carbocycles. The van der Waals surface area contributed by atoms with Crippen LogP contribution in [0.1, 0.15) is 23.6 Å². The third-order valence-electron chi connectivity index (χ3n) is 2.90. The van der Waals surface area contributed by atoms with Gasteiger partial charge in [-0.05, 0) is 0 Å². The summed E-state index contributed by atoms with van der Waals surface area (Å²) < 4.78 is 0. The molecule has 1 radical (unpaired) electrons. The minimum atomic E-state index is -1.15. The molecule has 1 aromatic rings. The quantitative estimate of drug-likeness (QED) is 0.395. The topological polar surface area (TPSA) is 0 Å². The van der Waals surface area contributed by atoms with E-state index in [9.17, 15) is 0 Å². The van der Waals surface area contributed by atoms with E-state index in [4.69, 9.17) is 0 Å². The standard InChI is InChI=1S/C13H17Si.2ClH.Zr/c1-10-9-13(14(2,3)4)12-8-6-5-7-11(10)12;;;/h5-8,13H,1-4H3;2*1H;/q-1;;;+3/p-2. The Morgan fingerprint density at radius 3 is 2.12 bits per heavy atom. The number of hydrogen-bond donors (Lipinski definition) is 0. The molecule has 17 heavy (non-hydrogen) atoms. The first kappa shape index (κ1) is 20.0. The van der Waals surface area contributed by atoms with E-state index >= 15 is 0 Å². The van der Waals surface area contributed by atoms with Crippen LogP contribution in [0.3, 0.4) is 0 Å². The van der Waals surface area contributed by atoms with Crippen molar-refractivity contribution in [3.63, 3.8) is 0 Å². The predicted molar refractivity (Wildman–Crippen MR) is 64.9 cm³/mol. The minimum Gasteiger partial charge on any atom is -1.00 e. The summed E-state index contributed by atoms with van der Waals surface area (Å²) in [5.74, 6) is 0. The molecule has 0 N–H and O–H groups in total. The summed E-state index contributed by atoms with van der Waals surface area (Å²) >= 11 is 0. The van der Waals surface area contributed by atoms with Gasteiger partial charge < -0.3 is 24.8 Å². The van der Waals surface area contributed by atoms with Crippen LogP contribution in [0.5, 0.6) is 0 Å². The van der Waals surface area contributed by atoms with Crippen molar-refractivity contribution in [2.24, 2.45) is 0 Å². The molecule has 1 unspecified atom stereocenters. The number of allylic oxidation sites excluding steroid dienone is 2. The summed E-state index contributed by atoms with van der Waals surface area (Å²) in [6.45, 7) is 9.43. The zero-order valence-electron chi connectivity index (χ0n) is 10.6. The number of hydrogen-bond acceptors (Lipinski definition) is 0. The molecule has 0 heterocycles. The van der Waals surface area contributed by atoms with Gasteiger partial charge in [-0.1, -0.05) is 50.3 Å². The van der Waals surface area contributed by atoms with Crippen LogP contribution < -0.4 is 24.8 Å². The van der Waals surface area contributed by atoms with Crippen molar-refractivity contribution < 1.29 is 51.0 Å². The van der Waals surface area contributed by atoms with Gasteiger partial charge in [0.15, 0.2) is 0 Å². The molecule has 0 saturated heterocycles. The molecule has 4 heteroatoms. The second-order valence-corrected chi connectivity index (χ2v) is 10.5. The van der Waals surface area contributed by atoms with Gasteiger partial charge in [0.05, 0.1) is 0 Å². The number of rotatable bonds is 1. The summed E-state index contributed by atoms with van der Waals surface area (Å²) in [4.78, 5) is 0. The number of halogens is 2. The third kappa shape index (κ3) is 4.06. The normalized spacial score (nSPS) is 16.9. The van der Waals surface area contributed by atoms with E-state index in [2.05, 4.69) is 56.9 Å². The van der Waals surface area contributed by atoms with Crippen molar-refractivity contribution >= 4 is 13.6 Å². The Kier molecular flexibility index (Phi) is 8.55. The van der Waals surface area contributed by atoms with E-state index in [1.807, 2.05) is 0 Å². The molecule has 1 aliphatic carbocycles. The van der Waals surface area contributed by atoms with Gasteiger partial charge in [-0.15, -0.1) is 11.6 Å². The van der Waals surface area contributed by atoms with E-state index in [1.165, 1.54) is 16.7 Å². The average Bonchev–Trinajstić information content (AvgIpc) is 2.44. The summed E-state index contributed by atoms with van der Waals surface area (Å²) in [7, 11) is -1.15. The Balaban J connectivity index is 0. The Labute approximate surface area is 137 Å². The monoisotopic (exact) mass is 361 g/mol. The molecule has 0 nitrogen and oxygen atoms in total. The molecule has 1 aromatic carbocycles. The maximum atomic E-state index is 3.64. The maximum absolute atomic E-state index is 3.64. The van der Waals surface area contributed by atoms with Gasteiger partial charge in [0.25, 0.3) is 0 Å². The molecular weight excluding hydrogens is 346 g/mol. The summed E-state index contributed by atoms with van der Waals surface area (Å²) in [6.07, 6.45) is 3.64. The van der Waals surface area contributed by atoms with E-state index in [1.54, 1.807) is 0 Å². The molecule has 0 aliphatic heterocycles. The molecule has 0 bridgehead atoms. The Morgan fingerprint density at radius 2 is 1.59 bits per heavy atom. The van der Waals surface area contributed by atoms with Crippen molar-refractivity contribution in [2.75, 3.05) is 0 Å². The average molecular weight is 363 g/mol. The molecule has 0 aromatic heterocycles. The third-order valence-corrected chi connectivity index (χ3v) is 5.09. The van der Waals surface area contributed by atoms with E-state index in [0.717, 1.165) is 0 Å². The predicted octanol–water partition coefficient (Wildman–Crippen LogP) is -2.13. The van der Waals surface area contributed by atoms with Crippen LogP contribution in [0.25, 0.3) is 5.57 Å². The van der Waals surface area contributed by atoms with Gasteiger partial charge in [0, 0.05) is 8.07 Å². The van der Waals surface area contributed by atoms with Crippen LogP contribution in [-0.4, -0.2) is 8.07 Å². The molecule has 91 valence electrons. The zero-order valence-corrected chi connectivity index (χ0v) is 15.6. The van der Waals surface area contributed by atoms with Crippen LogP contribution in [0, 0.1) is 6.08 Å². The van der Waals surface area contributed by atoms with Crippen LogP contribution >= 0.6 is 0 Å². The SMILES string of the molecule is CC1=[C-]C([Si](C)(C)C)c2ccccc21.[Cl-].[Cl-].[Zr+3]. The zero-order chi connectivity index (χ0) is 10.3.